The highest BCUT2D eigenvalue weighted by Gasteiger charge is 2.08. The third-order valence-corrected chi connectivity index (χ3v) is 2.46. The van der Waals surface area contributed by atoms with Crippen molar-refractivity contribution >= 4 is 0 Å². The zero-order chi connectivity index (χ0) is 10.8. The number of phenols is 1. The minimum atomic E-state index is 0.329. The number of hydrogen-bond acceptors (Lipinski definition) is 2. The summed E-state index contributed by atoms with van der Waals surface area (Å²) in [6.07, 6.45) is 1.63. The highest BCUT2D eigenvalue weighted by atomic mass is 16.3. The van der Waals surface area contributed by atoms with E-state index in [1.54, 1.807) is 12.3 Å². The smallest absolute Gasteiger partial charge is 0.133 e. The van der Waals surface area contributed by atoms with Gasteiger partial charge in [-0.25, -0.2) is 0 Å². The molecule has 0 amide bonds. The highest BCUT2D eigenvalue weighted by Crippen LogP contribution is 2.30. The third kappa shape index (κ3) is 1.89. The van der Waals surface area contributed by atoms with Crippen molar-refractivity contribution in [2.24, 2.45) is 0 Å². The van der Waals surface area contributed by atoms with Crippen molar-refractivity contribution in [3.8, 4) is 17.1 Å². The van der Waals surface area contributed by atoms with Gasteiger partial charge in [0, 0.05) is 5.56 Å². The third-order valence-electron chi connectivity index (χ3n) is 2.46. The van der Waals surface area contributed by atoms with Gasteiger partial charge in [0.1, 0.15) is 11.5 Å². The lowest BCUT2D eigenvalue weighted by Crippen LogP contribution is -1.88. The molecule has 0 spiro atoms. The Labute approximate surface area is 89.2 Å². The van der Waals surface area contributed by atoms with Gasteiger partial charge in [-0.1, -0.05) is 26.0 Å². The molecule has 1 aromatic carbocycles. The Bertz CT molecular complexity index is 442. The first kappa shape index (κ1) is 9.84. The summed E-state index contributed by atoms with van der Waals surface area (Å²) < 4.78 is 5.26. The molecular weight excluding hydrogens is 188 g/mol. The van der Waals surface area contributed by atoms with Crippen LogP contribution < -0.4 is 0 Å². The molecule has 0 radical (unpaired) electrons. The molecule has 0 saturated carbocycles. The molecule has 1 heterocycles. The summed E-state index contributed by atoms with van der Waals surface area (Å²) in [5.74, 6) is 1.44. The number of hydrogen-bond donors (Lipinski definition) is 1. The van der Waals surface area contributed by atoms with Crippen molar-refractivity contribution < 1.29 is 9.52 Å². The largest absolute Gasteiger partial charge is 0.508 e. The fourth-order valence-corrected chi connectivity index (χ4v) is 1.63. The van der Waals surface area contributed by atoms with Gasteiger partial charge in [0.25, 0.3) is 0 Å². The average molecular weight is 202 g/mol. The van der Waals surface area contributed by atoms with Crippen LogP contribution in [0.4, 0.5) is 0 Å². The molecule has 0 bridgehead atoms. The SMILES string of the molecule is CC(C)c1ccc(-c2ccco2)cc1O. The van der Waals surface area contributed by atoms with Crippen LogP contribution in [0.2, 0.25) is 0 Å². The highest BCUT2D eigenvalue weighted by molar-refractivity contribution is 5.61. The lowest BCUT2D eigenvalue weighted by molar-refractivity contribution is 0.464. The molecule has 0 saturated heterocycles. The van der Waals surface area contributed by atoms with E-state index in [-0.39, 0.29) is 0 Å². The van der Waals surface area contributed by atoms with Crippen molar-refractivity contribution in [1.29, 1.82) is 0 Å². The zero-order valence-corrected chi connectivity index (χ0v) is 8.90. The van der Waals surface area contributed by atoms with E-state index in [4.69, 9.17) is 4.42 Å². The summed E-state index contributed by atoms with van der Waals surface area (Å²) >= 11 is 0. The average Bonchev–Trinajstić information content (AvgIpc) is 2.69. The molecule has 2 rings (SSSR count). The van der Waals surface area contributed by atoms with E-state index in [9.17, 15) is 5.11 Å². The normalized spacial score (nSPS) is 10.9. The van der Waals surface area contributed by atoms with Gasteiger partial charge in [-0.15, -0.1) is 0 Å². The molecule has 2 heteroatoms. The van der Waals surface area contributed by atoms with Gasteiger partial charge in [-0.3, -0.25) is 0 Å². The molecule has 0 atom stereocenters. The summed E-state index contributed by atoms with van der Waals surface area (Å²) in [7, 11) is 0. The molecule has 0 unspecified atom stereocenters. The lowest BCUT2D eigenvalue weighted by Gasteiger charge is -2.08. The van der Waals surface area contributed by atoms with E-state index >= 15 is 0 Å². The van der Waals surface area contributed by atoms with Gasteiger partial charge in [-0.05, 0) is 29.7 Å². The maximum atomic E-state index is 9.82. The Kier molecular flexibility index (Phi) is 2.50. The minimum absolute atomic E-state index is 0.329. The molecule has 1 aromatic heterocycles. The Morgan fingerprint density at radius 3 is 2.53 bits per heavy atom. The predicted octanol–water partition coefficient (Wildman–Crippen LogP) is 3.78. The summed E-state index contributed by atoms with van der Waals surface area (Å²) in [4.78, 5) is 0. The van der Waals surface area contributed by atoms with E-state index in [1.807, 2.05) is 24.3 Å². The maximum Gasteiger partial charge on any atom is 0.133 e. The predicted molar refractivity (Wildman–Crippen MR) is 59.9 cm³/mol. The van der Waals surface area contributed by atoms with Crippen LogP contribution in [0.3, 0.4) is 0 Å². The van der Waals surface area contributed by atoms with Crippen LogP contribution in [0.15, 0.2) is 41.0 Å². The fraction of sp³-hybridized carbons (Fsp3) is 0.231. The molecule has 2 aromatic rings. The molecule has 78 valence electrons. The van der Waals surface area contributed by atoms with Crippen LogP contribution in [-0.4, -0.2) is 5.11 Å². The molecule has 0 aliphatic rings. The Morgan fingerprint density at radius 1 is 1.20 bits per heavy atom. The lowest BCUT2D eigenvalue weighted by atomic mass is 10.00. The van der Waals surface area contributed by atoms with E-state index in [0.29, 0.717) is 11.7 Å². The minimum Gasteiger partial charge on any atom is -0.508 e. The monoisotopic (exact) mass is 202 g/mol. The molecule has 0 fully saturated rings. The topological polar surface area (TPSA) is 33.4 Å². The molecule has 0 aliphatic carbocycles. The zero-order valence-electron chi connectivity index (χ0n) is 8.90. The number of phenolic OH excluding ortho intramolecular Hbond substituents is 1. The van der Waals surface area contributed by atoms with Crippen molar-refractivity contribution in [3.05, 3.63) is 42.2 Å². The van der Waals surface area contributed by atoms with E-state index in [1.165, 1.54) is 0 Å². The van der Waals surface area contributed by atoms with Gasteiger partial charge >= 0.3 is 0 Å². The van der Waals surface area contributed by atoms with Gasteiger partial charge in [0.2, 0.25) is 0 Å². The summed E-state index contributed by atoms with van der Waals surface area (Å²) in [5, 5.41) is 9.82. The second-order valence-corrected chi connectivity index (χ2v) is 3.91. The van der Waals surface area contributed by atoms with Crippen LogP contribution >= 0.6 is 0 Å². The standard InChI is InChI=1S/C13H14O2/c1-9(2)11-6-5-10(8-12(11)14)13-4-3-7-15-13/h3-9,14H,1-2H3. The second-order valence-electron chi connectivity index (χ2n) is 3.91. The molecule has 2 nitrogen and oxygen atoms in total. The maximum absolute atomic E-state index is 9.82. The van der Waals surface area contributed by atoms with Crippen LogP contribution in [0, 0.1) is 0 Å². The molecule has 15 heavy (non-hydrogen) atoms. The second kappa shape index (κ2) is 3.81. The van der Waals surface area contributed by atoms with Crippen molar-refractivity contribution in [2.45, 2.75) is 19.8 Å². The van der Waals surface area contributed by atoms with Crippen LogP contribution in [0.5, 0.6) is 5.75 Å². The van der Waals surface area contributed by atoms with Crippen molar-refractivity contribution in [1.82, 2.24) is 0 Å². The van der Waals surface area contributed by atoms with Gasteiger partial charge in [-0.2, -0.15) is 0 Å². The van der Waals surface area contributed by atoms with Crippen molar-refractivity contribution in [2.75, 3.05) is 0 Å². The number of aromatic hydroxyl groups is 1. The van der Waals surface area contributed by atoms with E-state index in [2.05, 4.69) is 13.8 Å². The first-order valence-electron chi connectivity index (χ1n) is 5.05. The van der Waals surface area contributed by atoms with Gasteiger partial charge in [0.15, 0.2) is 0 Å². The fourth-order valence-electron chi connectivity index (χ4n) is 1.63. The molecule has 1 N–H and O–H groups in total. The number of benzene rings is 1. The summed E-state index contributed by atoms with van der Waals surface area (Å²) in [6.45, 7) is 4.11. The quantitative estimate of drug-likeness (QED) is 0.804. The van der Waals surface area contributed by atoms with Crippen LogP contribution in [-0.2, 0) is 0 Å². The van der Waals surface area contributed by atoms with Gasteiger partial charge in [0.05, 0.1) is 6.26 Å². The van der Waals surface area contributed by atoms with Gasteiger partial charge < -0.3 is 9.52 Å². The first-order valence-corrected chi connectivity index (χ1v) is 5.05. The summed E-state index contributed by atoms with van der Waals surface area (Å²) in [5.41, 5.74) is 1.87. The molecule has 0 aliphatic heterocycles. The van der Waals surface area contributed by atoms with Crippen LogP contribution in [0.1, 0.15) is 25.3 Å². The summed E-state index contributed by atoms with van der Waals surface area (Å²) in [6, 6.07) is 9.37. The number of furan rings is 1. The Morgan fingerprint density at radius 2 is 2.00 bits per heavy atom. The first-order chi connectivity index (χ1) is 7.18. The van der Waals surface area contributed by atoms with Crippen LogP contribution in [0.25, 0.3) is 11.3 Å². The Hall–Kier alpha value is -1.70. The Balaban J connectivity index is 2.42. The number of rotatable bonds is 2. The molecular formula is C13H14O2. The van der Waals surface area contributed by atoms with E-state index < -0.39 is 0 Å². The van der Waals surface area contributed by atoms with Crippen molar-refractivity contribution in [3.63, 3.8) is 0 Å². The van der Waals surface area contributed by atoms with E-state index in [0.717, 1.165) is 16.9 Å².